The molecule has 0 spiro atoms. The summed E-state index contributed by atoms with van der Waals surface area (Å²) in [5, 5.41) is 5.05. The van der Waals surface area contributed by atoms with Crippen LogP contribution in [0.5, 0.6) is 5.75 Å². The number of fused-ring (bicyclic) bond motifs is 1. The van der Waals surface area contributed by atoms with Crippen LogP contribution in [0.4, 0.5) is 0 Å². The highest BCUT2D eigenvalue weighted by atomic mass is 16.5. The van der Waals surface area contributed by atoms with Gasteiger partial charge in [-0.05, 0) is 39.1 Å². The molecule has 0 saturated heterocycles. The first-order chi connectivity index (χ1) is 9.37. The Morgan fingerprint density at radius 2 is 1.75 bits per heavy atom. The molecule has 2 rings (SSSR count). The molecule has 0 aliphatic heterocycles. The van der Waals surface area contributed by atoms with Gasteiger partial charge in [-0.1, -0.05) is 36.4 Å². The fourth-order valence-corrected chi connectivity index (χ4v) is 2.01. The van der Waals surface area contributed by atoms with E-state index in [0.717, 1.165) is 16.5 Å². The molecule has 106 valence electrons. The lowest BCUT2D eigenvalue weighted by molar-refractivity contribution is -0.128. The van der Waals surface area contributed by atoms with Crippen LogP contribution in [-0.4, -0.2) is 17.6 Å². The van der Waals surface area contributed by atoms with E-state index >= 15 is 0 Å². The molecule has 3 nitrogen and oxygen atoms in total. The molecule has 0 bridgehead atoms. The van der Waals surface area contributed by atoms with Crippen LogP contribution in [0.25, 0.3) is 10.8 Å². The molecule has 2 aromatic carbocycles. The van der Waals surface area contributed by atoms with Gasteiger partial charge >= 0.3 is 0 Å². The molecule has 0 heterocycles. The lowest BCUT2D eigenvalue weighted by atomic mass is 10.1. The summed E-state index contributed by atoms with van der Waals surface area (Å²) in [6, 6.07) is 13.8. The summed E-state index contributed by atoms with van der Waals surface area (Å²) < 4.78 is 5.82. The molecule has 1 N–H and O–H groups in total. The highest BCUT2D eigenvalue weighted by Gasteiger charge is 2.20. The molecular weight excluding hydrogens is 250 g/mol. The van der Waals surface area contributed by atoms with E-state index in [0.29, 0.717) is 0 Å². The Bertz CT molecular complexity index is 608. The Morgan fingerprint density at radius 3 is 2.45 bits per heavy atom. The summed E-state index contributed by atoms with van der Waals surface area (Å²) in [6.45, 7) is 7.63. The highest BCUT2D eigenvalue weighted by Crippen LogP contribution is 2.26. The van der Waals surface area contributed by atoms with E-state index in [1.165, 1.54) is 0 Å². The molecule has 0 unspecified atom stereocenters. The van der Waals surface area contributed by atoms with E-state index in [1.54, 1.807) is 6.92 Å². The van der Waals surface area contributed by atoms with Crippen LogP contribution in [0, 0.1) is 0 Å². The van der Waals surface area contributed by atoms with Crippen LogP contribution in [0.15, 0.2) is 42.5 Å². The van der Waals surface area contributed by atoms with Crippen molar-refractivity contribution < 1.29 is 9.53 Å². The lowest BCUT2D eigenvalue weighted by Crippen LogP contribution is -2.46. The first-order valence-corrected chi connectivity index (χ1v) is 6.83. The van der Waals surface area contributed by atoms with Gasteiger partial charge in [0.25, 0.3) is 5.91 Å². The monoisotopic (exact) mass is 271 g/mol. The summed E-state index contributed by atoms with van der Waals surface area (Å²) in [7, 11) is 0. The number of benzene rings is 2. The number of amides is 1. The maximum absolute atomic E-state index is 12.1. The van der Waals surface area contributed by atoms with Crippen molar-refractivity contribution >= 4 is 16.7 Å². The molecule has 3 heteroatoms. The maximum Gasteiger partial charge on any atom is 0.261 e. The van der Waals surface area contributed by atoms with Crippen molar-refractivity contribution in [2.75, 3.05) is 0 Å². The van der Waals surface area contributed by atoms with Gasteiger partial charge in [-0.15, -0.1) is 0 Å². The molecule has 0 aliphatic carbocycles. The largest absolute Gasteiger partial charge is 0.480 e. The van der Waals surface area contributed by atoms with Crippen LogP contribution in [0.2, 0.25) is 0 Å². The fourth-order valence-electron chi connectivity index (χ4n) is 2.01. The van der Waals surface area contributed by atoms with E-state index in [1.807, 2.05) is 63.2 Å². The third kappa shape index (κ3) is 3.50. The van der Waals surface area contributed by atoms with Gasteiger partial charge in [0, 0.05) is 10.9 Å². The van der Waals surface area contributed by atoms with Crippen molar-refractivity contribution in [2.45, 2.75) is 39.3 Å². The van der Waals surface area contributed by atoms with Gasteiger partial charge in [0.05, 0.1) is 0 Å². The second kappa shape index (κ2) is 5.53. The summed E-state index contributed by atoms with van der Waals surface area (Å²) in [5.74, 6) is 0.630. The molecule has 2 aromatic rings. The van der Waals surface area contributed by atoms with Gasteiger partial charge in [-0.3, -0.25) is 4.79 Å². The Morgan fingerprint density at radius 1 is 1.10 bits per heavy atom. The number of rotatable bonds is 3. The SMILES string of the molecule is C[C@H](Oc1cccc2ccccc12)C(=O)NC(C)(C)C. The van der Waals surface area contributed by atoms with Crippen molar-refractivity contribution in [1.82, 2.24) is 5.32 Å². The van der Waals surface area contributed by atoms with E-state index < -0.39 is 6.10 Å². The number of ether oxygens (including phenoxy) is 1. The zero-order valence-electron chi connectivity index (χ0n) is 12.4. The third-order valence-electron chi connectivity index (χ3n) is 2.92. The van der Waals surface area contributed by atoms with E-state index in [-0.39, 0.29) is 11.4 Å². The number of nitrogens with one attached hydrogen (secondary N) is 1. The van der Waals surface area contributed by atoms with Gasteiger partial charge in [-0.25, -0.2) is 0 Å². The van der Waals surface area contributed by atoms with Gasteiger partial charge in [0.2, 0.25) is 0 Å². The average Bonchev–Trinajstić information content (AvgIpc) is 2.37. The summed E-state index contributed by atoms with van der Waals surface area (Å²) >= 11 is 0. The second-order valence-electron chi connectivity index (χ2n) is 5.98. The van der Waals surface area contributed by atoms with Crippen molar-refractivity contribution in [2.24, 2.45) is 0 Å². The first-order valence-electron chi connectivity index (χ1n) is 6.83. The van der Waals surface area contributed by atoms with E-state index in [4.69, 9.17) is 4.74 Å². The van der Waals surface area contributed by atoms with Crippen LogP contribution in [0.1, 0.15) is 27.7 Å². The van der Waals surface area contributed by atoms with Gasteiger partial charge in [-0.2, -0.15) is 0 Å². The molecule has 20 heavy (non-hydrogen) atoms. The minimum atomic E-state index is -0.528. The molecule has 1 atom stereocenters. The number of carbonyl (C=O) groups excluding carboxylic acids is 1. The molecule has 0 aromatic heterocycles. The van der Waals surface area contributed by atoms with Gasteiger partial charge in [0.15, 0.2) is 6.10 Å². The standard InChI is InChI=1S/C17H21NO2/c1-12(16(19)18-17(2,3)4)20-15-11-7-9-13-8-5-6-10-14(13)15/h5-12H,1-4H3,(H,18,19)/t12-/m0/s1. The van der Waals surface area contributed by atoms with Crippen LogP contribution < -0.4 is 10.1 Å². The number of hydrogen-bond acceptors (Lipinski definition) is 2. The van der Waals surface area contributed by atoms with Crippen molar-refractivity contribution in [1.29, 1.82) is 0 Å². The smallest absolute Gasteiger partial charge is 0.261 e. The molecule has 0 aliphatic rings. The van der Waals surface area contributed by atoms with E-state index in [2.05, 4.69) is 5.32 Å². The van der Waals surface area contributed by atoms with E-state index in [9.17, 15) is 4.79 Å². The quantitative estimate of drug-likeness (QED) is 0.927. The molecular formula is C17H21NO2. The summed E-state index contributed by atoms with van der Waals surface area (Å²) in [4.78, 5) is 12.1. The average molecular weight is 271 g/mol. The summed E-state index contributed by atoms with van der Waals surface area (Å²) in [5.41, 5.74) is -0.256. The Balaban J connectivity index is 2.18. The van der Waals surface area contributed by atoms with Gasteiger partial charge < -0.3 is 10.1 Å². The Kier molecular flexibility index (Phi) is 3.98. The minimum Gasteiger partial charge on any atom is -0.480 e. The highest BCUT2D eigenvalue weighted by molar-refractivity contribution is 5.89. The van der Waals surface area contributed by atoms with Crippen LogP contribution >= 0.6 is 0 Å². The maximum atomic E-state index is 12.1. The van der Waals surface area contributed by atoms with Crippen LogP contribution in [-0.2, 0) is 4.79 Å². The number of carbonyl (C=O) groups is 1. The predicted octanol–water partition coefficient (Wildman–Crippen LogP) is 3.52. The Labute approximate surface area is 119 Å². The fraction of sp³-hybridized carbons (Fsp3) is 0.353. The topological polar surface area (TPSA) is 38.3 Å². The third-order valence-corrected chi connectivity index (χ3v) is 2.92. The van der Waals surface area contributed by atoms with Crippen LogP contribution in [0.3, 0.4) is 0 Å². The molecule has 0 fully saturated rings. The second-order valence-corrected chi connectivity index (χ2v) is 5.98. The zero-order valence-corrected chi connectivity index (χ0v) is 12.4. The van der Waals surface area contributed by atoms with Crippen molar-refractivity contribution in [3.05, 3.63) is 42.5 Å². The summed E-state index contributed by atoms with van der Waals surface area (Å²) in [6.07, 6.45) is -0.528. The molecule has 0 saturated carbocycles. The zero-order chi connectivity index (χ0) is 14.8. The first kappa shape index (κ1) is 14.4. The molecule has 0 radical (unpaired) electrons. The number of hydrogen-bond donors (Lipinski definition) is 1. The van der Waals surface area contributed by atoms with Crippen molar-refractivity contribution in [3.63, 3.8) is 0 Å². The minimum absolute atomic E-state index is 0.106. The van der Waals surface area contributed by atoms with Gasteiger partial charge in [0.1, 0.15) is 5.75 Å². The van der Waals surface area contributed by atoms with Crippen molar-refractivity contribution in [3.8, 4) is 5.75 Å². The predicted molar refractivity (Wildman–Crippen MR) is 81.9 cm³/mol. The normalized spacial score (nSPS) is 13.0. The molecule has 1 amide bonds. The Hall–Kier alpha value is -2.03. The lowest BCUT2D eigenvalue weighted by Gasteiger charge is -2.24.